The fourth-order valence-electron chi connectivity index (χ4n) is 4.27. The molecule has 0 radical (unpaired) electrons. The van der Waals surface area contributed by atoms with E-state index < -0.39 is 0 Å². The molecule has 0 amide bonds. The molecule has 0 bridgehead atoms. The molecule has 0 saturated carbocycles. The van der Waals surface area contributed by atoms with Crippen LogP contribution in [0.25, 0.3) is 10.8 Å². The van der Waals surface area contributed by atoms with E-state index >= 15 is 0 Å². The van der Waals surface area contributed by atoms with Gasteiger partial charge in [-0.15, -0.1) is 0 Å². The molecule has 136 valence electrons. The molecule has 2 atom stereocenters. The molecule has 0 aliphatic carbocycles. The summed E-state index contributed by atoms with van der Waals surface area (Å²) >= 11 is 0. The van der Waals surface area contributed by atoms with Gasteiger partial charge in [0.25, 0.3) is 0 Å². The molecule has 1 fully saturated rings. The number of piperidine rings is 1. The van der Waals surface area contributed by atoms with Crippen LogP contribution in [0.3, 0.4) is 0 Å². The van der Waals surface area contributed by atoms with Crippen molar-refractivity contribution in [2.45, 2.75) is 46.0 Å². The van der Waals surface area contributed by atoms with Crippen LogP contribution >= 0.6 is 0 Å². The monoisotopic (exact) mass is 339 g/mol. The highest BCUT2D eigenvalue weighted by molar-refractivity contribution is 5.88. The first-order chi connectivity index (χ1) is 12.2. The summed E-state index contributed by atoms with van der Waals surface area (Å²) in [6.45, 7) is 9.49. The second kappa shape index (κ2) is 9.24. The van der Waals surface area contributed by atoms with Gasteiger partial charge in [0.15, 0.2) is 0 Å². The van der Waals surface area contributed by atoms with Crippen molar-refractivity contribution >= 4 is 10.8 Å². The summed E-state index contributed by atoms with van der Waals surface area (Å²) < 4.78 is 6.03. The van der Waals surface area contributed by atoms with Gasteiger partial charge < -0.3 is 9.64 Å². The second-order valence-electron chi connectivity index (χ2n) is 7.95. The maximum absolute atomic E-state index is 6.03. The Hall–Kier alpha value is -1.54. The molecule has 0 spiro atoms. The van der Waals surface area contributed by atoms with E-state index in [1.54, 1.807) is 0 Å². The number of hydrogen-bond donors (Lipinski definition) is 0. The molecule has 1 aliphatic heterocycles. The summed E-state index contributed by atoms with van der Waals surface area (Å²) in [6.07, 6.45) is 6.47. The third kappa shape index (κ3) is 5.47. The van der Waals surface area contributed by atoms with Crippen LogP contribution in [0.5, 0.6) is 5.75 Å². The Labute approximate surface area is 153 Å². The Morgan fingerprint density at radius 3 is 2.44 bits per heavy atom. The van der Waals surface area contributed by atoms with Crippen molar-refractivity contribution in [1.82, 2.24) is 4.90 Å². The van der Waals surface area contributed by atoms with Gasteiger partial charge in [-0.2, -0.15) is 0 Å². The minimum atomic E-state index is 0.825. The number of unbranched alkanes of at least 4 members (excludes halogenated alkanes) is 3. The molecule has 3 rings (SSSR count). The number of ether oxygens (including phenoxy) is 1. The summed E-state index contributed by atoms with van der Waals surface area (Å²) in [6, 6.07) is 14.8. The SMILES string of the molecule is C[C@@H]1C[C@H](C)CN(CCCCCCOc2cccc3ccccc23)C1. The zero-order valence-corrected chi connectivity index (χ0v) is 15.9. The minimum absolute atomic E-state index is 0.825. The van der Waals surface area contributed by atoms with E-state index in [9.17, 15) is 0 Å². The Balaban J connectivity index is 1.31. The fourth-order valence-corrected chi connectivity index (χ4v) is 4.27. The number of fused-ring (bicyclic) bond motifs is 1. The largest absolute Gasteiger partial charge is 0.493 e. The predicted octanol–water partition coefficient (Wildman–Crippen LogP) is 5.76. The Kier molecular flexibility index (Phi) is 6.75. The van der Waals surface area contributed by atoms with Gasteiger partial charge in [-0.1, -0.05) is 63.1 Å². The lowest BCUT2D eigenvalue weighted by Gasteiger charge is -2.34. The lowest BCUT2D eigenvalue weighted by atomic mass is 9.92. The van der Waals surface area contributed by atoms with Crippen molar-refractivity contribution in [3.05, 3.63) is 42.5 Å². The number of hydrogen-bond acceptors (Lipinski definition) is 2. The first kappa shape index (κ1) is 18.3. The second-order valence-corrected chi connectivity index (χ2v) is 7.95. The lowest BCUT2D eigenvalue weighted by Crippen LogP contribution is -2.39. The summed E-state index contributed by atoms with van der Waals surface area (Å²) in [4.78, 5) is 2.67. The molecular formula is C23H33NO. The average Bonchev–Trinajstić information content (AvgIpc) is 2.60. The van der Waals surface area contributed by atoms with Gasteiger partial charge in [-0.25, -0.2) is 0 Å². The van der Waals surface area contributed by atoms with Crippen LogP contribution < -0.4 is 4.74 Å². The molecule has 1 heterocycles. The van der Waals surface area contributed by atoms with Crippen LogP contribution in [0.1, 0.15) is 46.0 Å². The predicted molar refractivity (Wildman–Crippen MR) is 107 cm³/mol. The minimum Gasteiger partial charge on any atom is -0.493 e. The van der Waals surface area contributed by atoms with Crippen molar-refractivity contribution in [2.24, 2.45) is 11.8 Å². The molecule has 0 aromatic heterocycles. The molecule has 2 aromatic carbocycles. The molecule has 2 aromatic rings. The summed E-state index contributed by atoms with van der Waals surface area (Å²) in [7, 11) is 0. The van der Waals surface area contributed by atoms with E-state index in [-0.39, 0.29) is 0 Å². The van der Waals surface area contributed by atoms with Crippen LogP contribution in [-0.4, -0.2) is 31.1 Å². The van der Waals surface area contributed by atoms with Crippen molar-refractivity contribution in [2.75, 3.05) is 26.2 Å². The number of benzene rings is 2. The maximum atomic E-state index is 6.03. The van der Waals surface area contributed by atoms with E-state index in [2.05, 4.69) is 61.2 Å². The quantitative estimate of drug-likeness (QED) is 0.567. The van der Waals surface area contributed by atoms with Crippen molar-refractivity contribution in [3.63, 3.8) is 0 Å². The van der Waals surface area contributed by atoms with Crippen molar-refractivity contribution < 1.29 is 4.74 Å². The molecule has 1 aliphatic rings. The molecule has 2 nitrogen and oxygen atoms in total. The summed E-state index contributed by atoms with van der Waals surface area (Å²) in [5.41, 5.74) is 0. The topological polar surface area (TPSA) is 12.5 Å². The van der Waals surface area contributed by atoms with Gasteiger partial charge in [0.05, 0.1) is 6.61 Å². The van der Waals surface area contributed by atoms with Gasteiger partial charge in [0.1, 0.15) is 5.75 Å². The van der Waals surface area contributed by atoms with Gasteiger partial charge in [0, 0.05) is 18.5 Å². The van der Waals surface area contributed by atoms with E-state index in [4.69, 9.17) is 4.74 Å². The fraction of sp³-hybridized carbons (Fsp3) is 0.565. The van der Waals surface area contributed by atoms with Crippen molar-refractivity contribution in [3.8, 4) is 5.75 Å². The third-order valence-corrected chi connectivity index (χ3v) is 5.32. The zero-order chi connectivity index (χ0) is 17.5. The van der Waals surface area contributed by atoms with Gasteiger partial charge >= 0.3 is 0 Å². The van der Waals surface area contributed by atoms with Crippen LogP contribution in [0, 0.1) is 11.8 Å². The average molecular weight is 340 g/mol. The Bertz CT molecular complexity index is 638. The molecule has 25 heavy (non-hydrogen) atoms. The van der Waals surface area contributed by atoms with Gasteiger partial charge in [-0.3, -0.25) is 0 Å². The molecule has 0 N–H and O–H groups in total. The molecule has 1 saturated heterocycles. The third-order valence-electron chi connectivity index (χ3n) is 5.32. The normalized spacial score (nSPS) is 21.5. The van der Waals surface area contributed by atoms with E-state index in [1.165, 1.54) is 56.1 Å². The molecule has 2 heteroatoms. The van der Waals surface area contributed by atoms with E-state index in [0.717, 1.165) is 30.6 Å². The highest BCUT2D eigenvalue weighted by Gasteiger charge is 2.20. The number of rotatable bonds is 8. The molecule has 0 unspecified atom stereocenters. The first-order valence-electron chi connectivity index (χ1n) is 10.1. The highest BCUT2D eigenvalue weighted by Crippen LogP contribution is 2.25. The summed E-state index contributed by atoms with van der Waals surface area (Å²) in [5, 5.41) is 2.48. The first-order valence-corrected chi connectivity index (χ1v) is 10.1. The number of nitrogens with zero attached hydrogens (tertiary/aromatic N) is 1. The Morgan fingerprint density at radius 2 is 1.60 bits per heavy atom. The van der Waals surface area contributed by atoms with Crippen LogP contribution in [-0.2, 0) is 0 Å². The molecular weight excluding hydrogens is 306 g/mol. The number of likely N-dealkylation sites (tertiary alicyclic amines) is 1. The van der Waals surface area contributed by atoms with Crippen LogP contribution in [0.2, 0.25) is 0 Å². The Morgan fingerprint density at radius 1 is 0.880 bits per heavy atom. The van der Waals surface area contributed by atoms with E-state index in [0.29, 0.717) is 0 Å². The lowest BCUT2D eigenvalue weighted by molar-refractivity contribution is 0.138. The van der Waals surface area contributed by atoms with Gasteiger partial charge in [-0.05, 0) is 49.1 Å². The smallest absolute Gasteiger partial charge is 0.127 e. The van der Waals surface area contributed by atoms with Crippen LogP contribution in [0.15, 0.2) is 42.5 Å². The maximum Gasteiger partial charge on any atom is 0.127 e. The van der Waals surface area contributed by atoms with Crippen molar-refractivity contribution in [1.29, 1.82) is 0 Å². The van der Waals surface area contributed by atoms with Crippen LogP contribution in [0.4, 0.5) is 0 Å². The van der Waals surface area contributed by atoms with E-state index in [1.807, 2.05) is 0 Å². The summed E-state index contributed by atoms with van der Waals surface area (Å²) in [5.74, 6) is 2.77. The highest BCUT2D eigenvalue weighted by atomic mass is 16.5. The van der Waals surface area contributed by atoms with Gasteiger partial charge in [0.2, 0.25) is 0 Å². The zero-order valence-electron chi connectivity index (χ0n) is 15.9. The standard InChI is InChI=1S/C23H33NO/c1-19-16-20(2)18-24(17-19)14-7-3-4-8-15-25-23-13-9-11-21-10-5-6-12-22(21)23/h5-6,9-13,19-20H,3-4,7-8,14-18H2,1-2H3/t19-,20+.